The molecule has 0 saturated heterocycles. The minimum Gasteiger partial charge on any atom is -0.461 e. The second-order valence-electron chi connectivity index (χ2n) is 6.82. The molecule has 1 aliphatic rings. The van der Waals surface area contributed by atoms with Crippen molar-refractivity contribution in [2.45, 2.75) is 65.5 Å². The summed E-state index contributed by atoms with van der Waals surface area (Å²) in [7, 11) is 1.79. The highest BCUT2D eigenvalue weighted by Crippen LogP contribution is 2.39. The highest BCUT2D eigenvalue weighted by molar-refractivity contribution is 5.79. The molecule has 0 aromatic heterocycles. The molecule has 1 N–H and O–H groups in total. The van der Waals surface area contributed by atoms with Gasteiger partial charge < -0.3 is 10.1 Å². The maximum atomic E-state index is 12.0. The highest BCUT2D eigenvalue weighted by atomic mass is 16.5. The summed E-state index contributed by atoms with van der Waals surface area (Å²) >= 11 is 0. The predicted octanol–water partition coefficient (Wildman–Crippen LogP) is 2.74. The van der Waals surface area contributed by atoms with Crippen molar-refractivity contribution >= 4 is 5.97 Å². The van der Waals surface area contributed by atoms with Crippen LogP contribution in [0.4, 0.5) is 0 Å². The molecule has 0 aromatic rings. The molecule has 2 unspecified atom stereocenters. The van der Waals surface area contributed by atoms with E-state index in [2.05, 4.69) is 26.1 Å². The lowest BCUT2D eigenvalue weighted by Gasteiger charge is -2.39. The molecule has 100 valence electrons. The number of ether oxygens (including phenoxy) is 1. The van der Waals surface area contributed by atoms with E-state index in [-0.39, 0.29) is 17.5 Å². The molecular formula is C14H27NO2. The van der Waals surface area contributed by atoms with Gasteiger partial charge in [-0.2, -0.15) is 0 Å². The molecule has 0 aliphatic heterocycles. The average Bonchev–Trinajstić information content (AvgIpc) is 2.14. The normalized spacial score (nSPS) is 28.8. The largest absolute Gasteiger partial charge is 0.461 e. The van der Waals surface area contributed by atoms with E-state index in [1.807, 2.05) is 13.8 Å². The SMILES string of the molecule is CNC(C)(C)C(=O)OC1CC(C)CC(C)(C)C1. The molecule has 0 spiro atoms. The third-order valence-electron chi connectivity index (χ3n) is 3.76. The fourth-order valence-electron chi connectivity index (χ4n) is 2.75. The van der Waals surface area contributed by atoms with Gasteiger partial charge in [0.2, 0.25) is 0 Å². The van der Waals surface area contributed by atoms with Crippen LogP contribution < -0.4 is 5.32 Å². The summed E-state index contributed by atoms with van der Waals surface area (Å²) in [5, 5.41) is 2.99. The van der Waals surface area contributed by atoms with Crippen molar-refractivity contribution in [2.75, 3.05) is 7.05 Å². The van der Waals surface area contributed by atoms with Crippen molar-refractivity contribution in [3.8, 4) is 0 Å². The van der Waals surface area contributed by atoms with Gasteiger partial charge in [0.15, 0.2) is 0 Å². The Balaban J connectivity index is 2.60. The zero-order chi connectivity index (χ0) is 13.3. The van der Waals surface area contributed by atoms with Crippen LogP contribution in [0.1, 0.15) is 53.9 Å². The molecule has 0 aromatic carbocycles. The summed E-state index contributed by atoms with van der Waals surface area (Å²) in [6, 6.07) is 0. The third kappa shape index (κ3) is 3.98. The highest BCUT2D eigenvalue weighted by Gasteiger charge is 2.36. The van der Waals surface area contributed by atoms with Crippen molar-refractivity contribution in [3.63, 3.8) is 0 Å². The summed E-state index contributed by atoms with van der Waals surface area (Å²) in [5.74, 6) is 0.490. The number of carbonyl (C=O) groups is 1. The van der Waals surface area contributed by atoms with Crippen LogP contribution >= 0.6 is 0 Å². The lowest BCUT2D eigenvalue weighted by atomic mass is 9.71. The molecule has 17 heavy (non-hydrogen) atoms. The number of esters is 1. The first-order chi connectivity index (χ1) is 7.66. The topological polar surface area (TPSA) is 38.3 Å². The molecule has 0 radical (unpaired) electrons. The van der Waals surface area contributed by atoms with Crippen LogP contribution in [0, 0.1) is 11.3 Å². The van der Waals surface area contributed by atoms with Crippen molar-refractivity contribution in [3.05, 3.63) is 0 Å². The Morgan fingerprint density at radius 2 is 1.94 bits per heavy atom. The second kappa shape index (κ2) is 4.97. The fraction of sp³-hybridized carbons (Fsp3) is 0.929. The van der Waals surface area contributed by atoms with Crippen molar-refractivity contribution < 1.29 is 9.53 Å². The van der Waals surface area contributed by atoms with Gasteiger partial charge in [0.25, 0.3) is 0 Å². The summed E-state index contributed by atoms with van der Waals surface area (Å²) in [6.45, 7) is 10.5. The maximum Gasteiger partial charge on any atom is 0.326 e. The fourth-order valence-corrected chi connectivity index (χ4v) is 2.75. The van der Waals surface area contributed by atoms with Gasteiger partial charge in [-0.25, -0.2) is 0 Å². The lowest BCUT2D eigenvalue weighted by Crippen LogP contribution is -2.48. The first-order valence-corrected chi connectivity index (χ1v) is 6.56. The van der Waals surface area contributed by atoms with Crippen LogP contribution in [0.5, 0.6) is 0 Å². The molecular weight excluding hydrogens is 214 g/mol. The standard InChI is InChI=1S/C14H27NO2/c1-10-7-11(9-13(2,3)8-10)17-12(16)14(4,5)15-6/h10-11,15H,7-9H2,1-6H3. The van der Waals surface area contributed by atoms with Crippen molar-refractivity contribution in [2.24, 2.45) is 11.3 Å². The number of hydrogen-bond donors (Lipinski definition) is 1. The van der Waals surface area contributed by atoms with E-state index in [9.17, 15) is 4.79 Å². The smallest absolute Gasteiger partial charge is 0.326 e. The van der Waals surface area contributed by atoms with Crippen molar-refractivity contribution in [1.82, 2.24) is 5.32 Å². The number of hydrogen-bond acceptors (Lipinski definition) is 3. The maximum absolute atomic E-state index is 12.0. The first kappa shape index (κ1) is 14.5. The van der Waals surface area contributed by atoms with Gasteiger partial charge in [0, 0.05) is 0 Å². The van der Waals surface area contributed by atoms with E-state index < -0.39 is 5.54 Å². The molecule has 1 rings (SSSR count). The van der Waals surface area contributed by atoms with E-state index >= 15 is 0 Å². The zero-order valence-corrected chi connectivity index (χ0v) is 12.1. The van der Waals surface area contributed by atoms with E-state index in [1.165, 1.54) is 6.42 Å². The van der Waals surface area contributed by atoms with Gasteiger partial charge in [-0.3, -0.25) is 4.79 Å². The molecule has 0 amide bonds. The average molecular weight is 241 g/mol. The van der Waals surface area contributed by atoms with Crippen LogP contribution in [0.3, 0.4) is 0 Å². The molecule has 3 nitrogen and oxygen atoms in total. The summed E-state index contributed by atoms with van der Waals surface area (Å²) in [6.07, 6.45) is 3.27. The second-order valence-corrected chi connectivity index (χ2v) is 6.82. The molecule has 0 heterocycles. The van der Waals surface area contributed by atoms with Gasteiger partial charge in [0.1, 0.15) is 11.6 Å². The van der Waals surface area contributed by atoms with Crippen molar-refractivity contribution in [1.29, 1.82) is 0 Å². The van der Waals surface area contributed by atoms with E-state index in [1.54, 1.807) is 7.05 Å². The Morgan fingerprint density at radius 3 is 2.41 bits per heavy atom. The van der Waals surface area contributed by atoms with Crippen LogP contribution in [-0.4, -0.2) is 24.7 Å². The Bertz CT molecular complexity index is 284. The number of likely N-dealkylation sites (N-methyl/N-ethyl adjacent to an activating group) is 1. The molecule has 1 fully saturated rings. The number of carbonyl (C=O) groups excluding carboxylic acids is 1. The number of rotatable bonds is 3. The molecule has 3 heteroatoms. The van der Waals surface area contributed by atoms with Crippen LogP contribution in [-0.2, 0) is 9.53 Å². The van der Waals surface area contributed by atoms with Crippen LogP contribution in [0.2, 0.25) is 0 Å². The van der Waals surface area contributed by atoms with E-state index in [0.29, 0.717) is 5.92 Å². The Kier molecular flexibility index (Phi) is 4.23. The molecule has 1 aliphatic carbocycles. The molecule has 1 saturated carbocycles. The molecule has 2 atom stereocenters. The summed E-state index contributed by atoms with van der Waals surface area (Å²) < 4.78 is 5.65. The quantitative estimate of drug-likeness (QED) is 0.772. The Labute approximate surface area is 105 Å². The van der Waals surface area contributed by atoms with Gasteiger partial charge in [-0.05, 0) is 51.5 Å². The van der Waals surface area contributed by atoms with Gasteiger partial charge >= 0.3 is 5.97 Å². The number of nitrogens with one attached hydrogen (secondary N) is 1. The Morgan fingerprint density at radius 1 is 1.35 bits per heavy atom. The Hall–Kier alpha value is -0.570. The predicted molar refractivity (Wildman–Crippen MR) is 69.8 cm³/mol. The van der Waals surface area contributed by atoms with Crippen LogP contribution in [0.15, 0.2) is 0 Å². The third-order valence-corrected chi connectivity index (χ3v) is 3.76. The summed E-state index contributed by atoms with van der Waals surface area (Å²) in [4.78, 5) is 12.0. The van der Waals surface area contributed by atoms with Gasteiger partial charge in [0.05, 0.1) is 0 Å². The minimum absolute atomic E-state index is 0.0777. The lowest BCUT2D eigenvalue weighted by molar-refractivity contribution is -0.160. The summed E-state index contributed by atoms with van der Waals surface area (Å²) in [5.41, 5.74) is -0.308. The van der Waals surface area contributed by atoms with Gasteiger partial charge in [-0.15, -0.1) is 0 Å². The minimum atomic E-state index is -0.592. The van der Waals surface area contributed by atoms with E-state index in [4.69, 9.17) is 4.74 Å². The van der Waals surface area contributed by atoms with E-state index in [0.717, 1.165) is 12.8 Å². The molecule has 0 bridgehead atoms. The van der Waals surface area contributed by atoms with Gasteiger partial charge in [-0.1, -0.05) is 20.8 Å². The monoisotopic (exact) mass is 241 g/mol. The zero-order valence-electron chi connectivity index (χ0n) is 12.1. The first-order valence-electron chi connectivity index (χ1n) is 6.56. The van der Waals surface area contributed by atoms with Crippen LogP contribution in [0.25, 0.3) is 0 Å².